The lowest BCUT2D eigenvalue weighted by molar-refractivity contribution is -0.240. The number of rotatable bonds is 3. The van der Waals surface area contributed by atoms with Crippen molar-refractivity contribution in [2.75, 3.05) is 13.2 Å². The van der Waals surface area contributed by atoms with Crippen LogP contribution in [0.5, 0.6) is 0 Å². The van der Waals surface area contributed by atoms with E-state index in [1.165, 1.54) is 19.3 Å². The average molecular weight is 391 g/mol. The van der Waals surface area contributed by atoms with Crippen LogP contribution in [0.15, 0.2) is 0 Å². The van der Waals surface area contributed by atoms with Crippen LogP contribution < -0.4 is 0 Å². The van der Waals surface area contributed by atoms with Crippen LogP contribution in [0.3, 0.4) is 0 Å². The Hall–Kier alpha value is -0.160. The number of aliphatic hydroxyl groups is 3. The van der Waals surface area contributed by atoms with Crippen LogP contribution in [0.25, 0.3) is 0 Å². The predicted molar refractivity (Wildman–Crippen MR) is 105 cm³/mol. The molecule has 0 bridgehead atoms. The van der Waals surface area contributed by atoms with E-state index in [1.807, 2.05) is 0 Å². The minimum absolute atomic E-state index is 0.0365. The molecule has 4 heteroatoms. The van der Waals surface area contributed by atoms with E-state index in [0.29, 0.717) is 42.6 Å². The molecule has 6 saturated carbocycles. The molecule has 0 amide bonds. The Kier molecular flexibility index (Phi) is 3.56. The molecule has 4 unspecified atom stereocenters. The lowest BCUT2D eigenvalue weighted by Crippen LogP contribution is -2.65. The van der Waals surface area contributed by atoms with Gasteiger partial charge in [-0.05, 0) is 97.7 Å². The van der Waals surface area contributed by atoms with Crippen LogP contribution in [-0.2, 0) is 4.74 Å². The molecule has 0 radical (unpaired) electrons. The largest absolute Gasteiger partial charge is 0.394 e. The number of aliphatic hydroxyl groups excluding tert-OH is 2. The summed E-state index contributed by atoms with van der Waals surface area (Å²) >= 11 is 0. The van der Waals surface area contributed by atoms with Crippen LogP contribution in [0.4, 0.5) is 0 Å². The van der Waals surface area contributed by atoms with Gasteiger partial charge in [0.25, 0.3) is 0 Å². The molecule has 6 aliphatic carbocycles. The summed E-state index contributed by atoms with van der Waals surface area (Å²) in [5, 5.41) is 31.6. The monoisotopic (exact) mass is 390 g/mol. The number of fused-ring (bicyclic) bond motifs is 10. The fourth-order valence-corrected chi connectivity index (χ4v) is 9.98. The Morgan fingerprint density at radius 1 is 0.929 bits per heavy atom. The second kappa shape index (κ2) is 5.36. The van der Waals surface area contributed by atoms with Crippen molar-refractivity contribution in [3.05, 3.63) is 0 Å². The number of hydrogen-bond donors (Lipinski definition) is 3. The first kappa shape index (κ1) is 18.6. The van der Waals surface area contributed by atoms with Gasteiger partial charge in [-0.25, -0.2) is 0 Å². The highest BCUT2D eigenvalue weighted by Gasteiger charge is 2.80. The van der Waals surface area contributed by atoms with Crippen molar-refractivity contribution in [2.45, 2.75) is 83.0 Å². The van der Waals surface area contributed by atoms with Crippen LogP contribution in [-0.4, -0.2) is 45.8 Å². The molecular weight excluding hydrogens is 352 g/mol. The topological polar surface area (TPSA) is 69.9 Å². The minimum atomic E-state index is -0.650. The van der Waals surface area contributed by atoms with Crippen molar-refractivity contribution < 1.29 is 20.1 Å². The van der Waals surface area contributed by atoms with E-state index in [4.69, 9.17) is 4.74 Å². The van der Waals surface area contributed by atoms with Gasteiger partial charge in [0.05, 0.1) is 30.5 Å². The molecule has 0 heterocycles. The van der Waals surface area contributed by atoms with E-state index < -0.39 is 5.60 Å². The Balaban J connectivity index is 1.38. The number of ether oxygens (including phenoxy) is 1. The van der Waals surface area contributed by atoms with E-state index in [2.05, 4.69) is 20.8 Å². The summed E-state index contributed by atoms with van der Waals surface area (Å²) < 4.78 is 6.43. The molecular formula is C24H38O4. The van der Waals surface area contributed by atoms with Crippen molar-refractivity contribution in [2.24, 2.45) is 52.3 Å². The normalized spacial score (nSPS) is 66.2. The summed E-state index contributed by atoms with van der Waals surface area (Å²) in [4.78, 5) is 0. The second-order valence-corrected chi connectivity index (χ2v) is 12.1. The third-order valence-corrected chi connectivity index (χ3v) is 11.5. The van der Waals surface area contributed by atoms with Gasteiger partial charge < -0.3 is 20.1 Å². The summed E-state index contributed by atoms with van der Waals surface area (Å²) in [6, 6.07) is 0. The molecule has 4 nitrogen and oxygen atoms in total. The molecule has 0 aromatic heterocycles. The predicted octanol–water partition coefficient (Wildman–Crippen LogP) is 2.98. The van der Waals surface area contributed by atoms with Gasteiger partial charge in [0, 0.05) is 6.42 Å². The molecule has 6 rings (SSSR count). The van der Waals surface area contributed by atoms with Gasteiger partial charge in [0.15, 0.2) is 0 Å². The fraction of sp³-hybridized carbons (Fsp3) is 1.00. The van der Waals surface area contributed by atoms with Gasteiger partial charge in [0.1, 0.15) is 0 Å². The van der Waals surface area contributed by atoms with Gasteiger partial charge in [-0.2, -0.15) is 0 Å². The van der Waals surface area contributed by atoms with Gasteiger partial charge in [-0.3, -0.25) is 0 Å². The lowest BCUT2D eigenvalue weighted by atomic mass is 9.42. The van der Waals surface area contributed by atoms with Crippen molar-refractivity contribution >= 4 is 0 Å². The molecule has 158 valence electrons. The standard InChI is InChI=1S/C24H38O4/c1-21-6-4-13(26)12-24(21,27)18-10-14(18)19-16(21)5-7-22(2)20(19)15-11-17(15)23(22,3)28-9-8-25/h13-20,25-27H,4-12H2,1-3H3/t13-,14-,15+,16?,17?,18+,19?,20?,21+,22-,23-,24+/m0/s1. The van der Waals surface area contributed by atoms with Crippen LogP contribution in [0, 0.1) is 52.3 Å². The minimum Gasteiger partial charge on any atom is -0.394 e. The van der Waals surface area contributed by atoms with E-state index in [0.717, 1.165) is 31.1 Å². The maximum absolute atomic E-state index is 11.9. The Morgan fingerprint density at radius 2 is 1.64 bits per heavy atom. The Bertz CT molecular complexity index is 696. The zero-order chi connectivity index (χ0) is 19.7. The van der Waals surface area contributed by atoms with Crippen molar-refractivity contribution in [3.8, 4) is 0 Å². The summed E-state index contributed by atoms with van der Waals surface area (Å²) in [6.45, 7) is 7.77. The summed E-state index contributed by atoms with van der Waals surface area (Å²) in [5.74, 6) is 4.52. The molecule has 28 heavy (non-hydrogen) atoms. The SMILES string of the molecule is C[C@]12CCC3C(C1[C@@H]1CC1[C@]2(C)OCCO)[C@H]1C[C@H]1[C@]1(O)C[C@@H](O)CC[C@]31C. The fourth-order valence-electron chi connectivity index (χ4n) is 9.98. The van der Waals surface area contributed by atoms with Gasteiger partial charge >= 0.3 is 0 Å². The van der Waals surface area contributed by atoms with Crippen molar-refractivity contribution in [1.82, 2.24) is 0 Å². The zero-order valence-electron chi connectivity index (χ0n) is 17.7. The van der Waals surface area contributed by atoms with Crippen molar-refractivity contribution in [3.63, 3.8) is 0 Å². The maximum atomic E-state index is 11.9. The Labute approximate surface area is 169 Å². The Morgan fingerprint density at radius 3 is 2.39 bits per heavy atom. The molecule has 12 atom stereocenters. The summed E-state index contributed by atoms with van der Waals surface area (Å²) in [5.41, 5.74) is -0.588. The van der Waals surface area contributed by atoms with Gasteiger partial charge in [-0.15, -0.1) is 0 Å². The van der Waals surface area contributed by atoms with E-state index in [9.17, 15) is 15.3 Å². The van der Waals surface area contributed by atoms with Crippen molar-refractivity contribution in [1.29, 1.82) is 0 Å². The molecule has 6 aliphatic rings. The van der Waals surface area contributed by atoms with Gasteiger partial charge in [0.2, 0.25) is 0 Å². The van der Waals surface area contributed by atoms with E-state index >= 15 is 0 Å². The summed E-state index contributed by atoms with van der Waals surface area (Å²) in [6.07, 6.45) is 6.93. The van der Waals surface area contributed by atoms with E-state index in [1.54, 1.807) is 0 Å². The third kappa shape index (κ3) is 1.89. The first-order valence-electron chi connectivity index (χ1n) is 11.9. The molecule has 3 N–H and O–H groups in total. The number of hydrogen-bond acceptors (Lipinski definition) is 4. The second-order valence-electron chi connectivity index (χ2n) is 12.1. The van der Waals surface area contributed by atoms with Crippen LogP contribution >= 0.6 is 0 Å². The quantitative estimate of drug-likeness (QED) is 0.693. The van der Waals surface area contributed by atoms with Crippen LogP contribution in [0.2, 0.25) is 0 Å². The molecule has 0 aromatic carbocycles. The van der Waals surface area contributed by atoms with E-state index in [-0.39, 0.29) is 29.1 Å². The highest BCUT2D eigenvalue weighted by Crippen LogP contribution is 2.82. The molecule has 0 saturated heterocycles. The highest BCUT2D eigenvalue weighted by molar-refractivity contribution is 5.29. The summed E-state index contributed by atoms with van der Waals surface area (Å²) in [7, 11) is 0. The van der Waals surface area contributed by atoms with Gasteiger partial charge in [-0.1, -0.05) is 13.8 Å². The zero-order valence-corrected chi connectivity index (χ0v) is 17.7. The average Bonchev–Trinajstić information content (AvgIpc) is 3.54. The maximum Gasteiger partial charge on any atom is 0.0759 e. The molecule has 0 spiro atoms. The van der Waals surface area contributed by atoms with Crippen LogP contribution in [0.1, 0.15) is 65.7 Å². The highest BCUT2D eigenvalue weighted by atomic mass is 16.5. The molecule has 6 fully saturated rings. The smallest absolute Gasteiger partial charge is 0.0759 e. The molecule has 0 aliphatic heterocycles. The first-order valence-corrected chi connectivity index (χ1v) is 11.9. The third-order valence-electron chi connectivity index (χ3n) is 11.5. The molecule has 0 aromatic rings. The lowest BCUT2D eigenvalue weighted by Gasteiger charge is -2.65. The first-order chi connectivity index (χ1) is 13.2.